The van der Waals surface area contributed by atoms with E-state index in [4.69, 9.17) is 14.2 Å². The summed E-state index contributed by atoms with van der Waals surface area (Å²) >= 11 is 0. The van der Waals surface area contributed by atoms with E-state index in [1.807, 2.05) is 72.8 Å². The van der Waals surface area contributed by atoms with Gasteiger partial charge in [0.15, 0.2) is 11.5 Å². The lowest BCUT2D eigenvalue weighted by Crippen LogP contribution is -2.37. The maximum atomic E-state index is 11.0. The maximum Gasteiger partial charge on any atom is 0.161 e. The summed E-state index contributed by atoms with van der Waals surface area (Å²) in [6.45, 7) is 2.45. The highest BCUT2D eigenvalue weighted by Crippen LogP contribution is 2.33. The molecule has 1 atom stereocenters. The Balaban J connectivity index is 1.24. The number of aromatic amines is 1. The number of ether oxygens (including phenoxy) is 3. The van der Waals surface area contributed by atoms with Crippen LogP contribution in [-0.4, -0.2) is 54.5 Å². The van der Waals surface area contributed by atoms with Crippen molar-refractivity contribution in [3.8, 4) is 17.2 Å². The molecule has 0 radical (unpaired) electrons. The molecule has 2 N–H and O–H groups in total. The van der Waals surface area contributed by atoms with Gasteiger partial charge in [-0.3, -0.25) is 4.90 Å². The Labute approximate surface area is 217 Å². The van der Waals surface area contributed by atoms with Crippen molar-refractivity contribution in [2.24, 2.45) is 0 Å². The molecule has 0 bridgehead atoms. The molecule has 6 heteroatoms. The van der Waals surface area contributed by atoms with Gasteiger partial charge in [-0.2, -0.15) is 0 Å². The first-order valence-corrected chi connectivity index (χ1v) is 12.5. The Morgan fingerprint density at radius 3 is 2.30 bits per heavy atom. The standard InChI is InChI=1S/C31H32N2O4/c1-35-28-15-7-8-16-29(28)36-19-18-33(20-23-10-3-2-4-11-23)21-24(34)22-37-30-17-9-14-27-31(30)25-12-5-6-13-26(25)32-27/h2-17,24,32,34H,18-22H2,1H3/t24-/m0/s1. The molecule has 1 heterocycles. The second-order valence-electron chi connectivity index (χ2n) is 9.03. The lowest BCUT2D eigenvalue weighted by molar-refractivity contribution is 0.0608. The van der Waals surface area contributed by atoms with Gasteiger partial charge in [-0.1, -0.05) is 66.7 Å². The van der Waals surface area contributed by atoms with E-state index in [-0.39, 0.29) is 6.61 Å². The molecular formula is C31H32N2O4. The van der Waals surface area contributed by atoms with Crippen molar-refractivity contribution in [1.82, 2.24) is 9.88 Å². The van der Waals surface area contributed by atoms with Gasteiger partial charge in [0, 0.05) is 35.9 Å². The number of rotatable bonds is 12. The first-order valence-electron chi connectivity index (χ1n) is 12.5. The number of aliphatic hydroxyl groups is 1. The number of H-pyrrole nitrogens is 1. The van der Waals surface area contributed by atoms with Gasteiger partial charge >= 0.3 is 0 Å². The summed E-state index contributed by atoms with van der Waals surface area (Å²) in [5, 5.41) is 13.1. The quantitative estimate of drug-likeness (QED) is 0.234. The highest BCUT2D eigenvalue weighted by molar-refractivity contribution is 6.10. The minimum absolute atomic E-state index is 0.192. The van der Waals surface area contributed by atoms with Crippen molar-refractivity contribution in [2.75, 3.05) is 33.4 Å². The number of aliphatic hydroxyl groups excluding tert-OH is 1. The summed E-state index contributed by atoms with van der Waals surface area (Å²) in [6.07, 6.45) is -0.671. The summed E-state index contributed by atoms with van der Waals surface area (Å²) in [5.41, 5.74) is 3.27. The third-order valence-electron chi connectivity index (χ3n) is 6.38. The van der Waals surface area contributed by atoms with Gasteiger partial charge in [-0.05, 0) is 35.9 Å². The van der Waals surface area contributed by atoms with Crippen LogP contribution in [0.25, 0.3) is 21.8 Å². The second-order valence-corrected chi connectivity index (χ2v) is 9.03. The fraction of sp³-hybridized carbons (Fsp3) is 0.226. The predicted molar refractivity (Wildman–Crippen MR) is 148 cm³/mol. The first kappa shape index (κ1) is 24.7. The number of methoxy groups -OCH3 is 1. The van der Waals surface area contributed by atoms with Crippen LogP contribution in [0.2, 0.25) is 0 Å². The number of hydrogen-bond donors (Lipinski definition) is 2. The van der Waals surface area contributed by atoms with E-state index in [1.165, 1.54) is 5.56 Å². The number of fused-ring (bicyclic) bond motifs is 3. The number of nitrogens with one attached hydrogen (secondary N) is 1. The van der Waals surface area contributed by atoms with Gasteiger partial charge in [0.2, 0.25) is 0 Å². The van der Waals surface area contributed by atoms with Crippen molar-refractivity contribution in [1.29, 1.82) is 0 Å². The zero-order chi connectivity index (χ0) is 25.5. The monoisotopic (exact) mass is 496 g/mol. The Morgan fingerprint density at radius 1 is 0.757 bits per heavy atom. The number of benzene rings is 4. The van der Waals surface area contributed by atoms with E-state index in [0.29, 0.717) is 37.7 Å². The third kappa shape index (κ3) is 6.05. The van der Waals surface area contributed by atoms with Crippen molar-refractivity contribution < 1.29 is 19.3 Å². The molecule has 190 valence electrons. The summed E-state index contributed by atoms with van der Waals surface area (Å²) in [6, 6.07) is 32.0. The number of aromatic nitrogens is 1. The molecule has 0 aliphatic heterocycles. The van der Waals surface area contributed by atoms with Crippen molar-refractivity contribution in [3.63, 3.8) is 0 Å². The molecule has 6 nitrogen and oxygen atoms in total. The van der Waals surface area contributed by atoms with Gasteiger partial charge < -0.3 is 24.3 Å². The molecule has 37 heavy (non-hydrogen) atoms. The minimum Gasteiger partial charge on any atom is -0.493 e. The van der Waals surface area contributed by atoms with E-state index in [9.17, 15) is 5.11 Å². The van der Waals surface area contributed by atoms with Crippen LogP contribution in [0.3, 0.4) is 0 Å². The Hall–Kier alpha value is -4.00. The Kier molecular flexibility index (Phi) is 7.89. The largest absolute Gasteiger partial charge is 0.493 e. The fourth-order valence-electron chi connectivity index (χ4n) is 4.62. The van der Waals surface area contributed by atoms with Gasteiger partial charge in [-0.25, -0.2) is 0 Å². The van der Waals surface area contributed by atoms with Gasteiger partial charge in [0.1, 0.15) is 25.1 Å². The van der Waals surface area contributed by atoms with E-state index in [1.54, 1.807) is 7.11 Å². The highest BCUT2D eigenvalue weighted by atomic mass is 16.5. The van der Waals surface area contributed by atoms with Crippen LogP contribution in [0.15, 0.2) is 97.1 Å². The van der Waals surface area contributed by atoms with E-state index in [0.717, 1.165) is 27.6 Å². The van der Waals surface area contributed by atoms with Crippen LogP contribution in [0.1, 0.15) is 5.56 Å². The van der Waals surface area contributed by atoms with E-state index in [2.05, 4.69) is 34.1 Å². The predicted octanol–water partition coefficient (Wildman–Crippen LogP) is 5.65. The molecule has 5 rings (SSSR count). The number of para-hydroxylation sites is 3. The Morgan fingerprint density at radius 2 is 1.46 bits per heavy atom. The van der Waals surface area contributed by atoms with Crippen LogP contribution in [0.5, 0.6) is 17.2 Å². The van der Waals surface area contributed by atoms with E-state index >= 15 is 0 Å². The van der Waals surface area contributed by atoms with Crippen LogP contribution >= 0.6 is 0 Å². The average Bonchev–Trinajstić information content (AvgIpc) is 3.32. The molecule has 0 saturated heterocycles. The first-order chi connectivity index (χ1) is 18.2. The molecule has 0 aliphatic carbocycles. The molecular weight excluding hydrogens is 464 g/mol. The molecule has 0 aliphatic rings. The van der Waals surface area contributed by atoms with Gasteiger partial charge in [0.05, 0.1) is 12.6 Å². The van der Waals surface area contributed by atoms with Crippen LogP contribution < -0.4 is 14.2 Å². The molecule has 0 spiro atoms. The lowest BCUT2D eigenvalue weighted by atomic mass is 10.1. The van der Waals surface area contributed by atoms with Crippen molar-refractivity contribution >= 4 is 21.8 Å². The zero-order valence-electron chi connectivity index (χ0n) is 21.0. The highest BCUT2D eigenvalue weighted by Gasteiger charge is 2.16. The second kappa shape index (κ2) is 11.8. The van der Waals surface area contributed by atoms with Crippen LogP contribution in [-0.2, 0) is 6.54 Å². The van der Waals surface area contributed by atoms with Crippen LogP contribution in [0, 0.1) is 0 Å². The molecule has 1 aromatic heterocycles. The van der Waals surface area contributed by atoms with Crippen LogP contribution in [0.4, 0.5) is 0 Å². The number of hydrogen-bond acceptors (Lipinski definition) is 5. The molecule has 0 unspecified atom stereocenters. The minimum atomic E-state index is -0.671. The molecule has 0 amide bonds. The summed E-state index contributed by atoms with van der Waals surface area (Å²) in [5.74, 6) is 2.18. The summed E-state index contributed by atoms with van der Waals surface area (Å²) in [4.78, 5) is 5.62. The molecule has 0 saturated carbocycles. The molecule has 5 aromatic rings. The lowest BCUT2D eigenvalue weighted by Gasteiger charge is -2.25. The topological polar surface area (TPSA) is 67.0 Å². The smallest absolute Gasteiger partial charge is 0.161 e. The van der Waals surface area contributed by atoms with Crippen molar-refractivity contribution in [3.05, 3.63) is 103 Å². The average molecular weight is 497 g/mol. The summed E-state index contributed by atoms with van der Waals surface area (Å²) in [7, 11) is 1.64. The van der Waals surface area contributed by atoms with Crippen molar-refractivity contribution in [2.45, 2.75) is 12.6 Å². The fourth-order valence-corrected chi connectivity index (χ4v) is 4.62. The summed E-state index contributed by atoms with van der Waals surface area (Å²) < 4.78 is 17.6. The zero-order valence-corrected chi connectivity index (χ0v) is 21.0. The van der Waals surface area contributed by atoms with Gasteiger partial charge in [0.25, 0.3) is 0 Å². The van der Waals surface area contributed by atoms with E-state index < -0.39 is 6.10 Å². The normalized spacial score (nSPS) is 12.2. The Bertz CT molecular complexity index is 1430. The maximum absolute atomic E-state index is 11.0. The third-order valence-corrected chi connectivity index (χ3v) is 6.38. The van der Waals surface area contributed by atoms with Gasteiger partial charge in [-0.15, -0.1) is 0 Å². The molecule has 0 fully saturated rings. The SMILES string of the molecule is COc1ccccc1OCCN(Cc1ccccc1)C[C@H](O)COc1cccc2[nH]c3ccccc3c12. The molecule has 4 aromatic carbocycles. The number of nitrogens with zero attached hydrogens (tertiary/aromatic N) is 1.